The maximum absolute atomic E-state index is 13.4. The average molecular weight is 511 g/mol. The summed E-state index contributed by atoms with van der Waals surface area (Å²) in [7, 11) is 0. The van der Waals surface area contributed by atoms with Gasteiger partial charge in [-0.25, -0.2) is 0 Å². The molecule has 0 unspecified atom stereocenters. The van der Waals surface area contributed by atoms with E-state index in [9.17, 15) is 22.8 Å². The van der Waals surface area contributed by atoms with Gasteiger partial charge in [0.25, 0.3) is 11.5 Å². The van der Waals surface area contributed by atoms with Crippen LogP contribution >= 0.6 is 0 Å². The number of aryl methyl sites for hydroxylation is 2. The zero-order valence-electron chi connectivity index (χ0n) is 20.8. The first-order valence-electron chi connectivity index (χ1n) is 12.5. The van der Waals surface area contributed by atoms with Gasteiger partial charge in [-0.3, -0.25) is 14.6 Å². The molecule has 3 aromatic rings. The molecule has 5 rings (SSSR count). The normalized spacial score (nSPS) is 15.4. The number of hydrogen-bond donors (Lipinski definition) is 2. The van der Waals surface area contributed by atoms with Gasteiger partial charge in [0, 0.05) is 53.9 Å². The summed E-state index contributed by atoms with van der Waals surface area (Å²) in [6, 6.07) is 7.88. The molecule has 194 valence electrons. The number of aromatic nitrogens is 2. The summed E-state index contributed by atoms with van der Waals surface area (Å²) in [6.07, 6.45) is 0.992. The number of alkyl halides is 3. The van der Waals surface area contributed by atoms with E-state index < -0.39 is 11.9 Å². The maximum Gasteiger partial charge on any atom is 0.433 e. The Morgan fingerprint density at radius 1 is 1.16 bits per heavy atom. The first-order valence-corrected chi connectivity index (χ1v) is 12.5. The van der Waals surface area contributed by atoms with Crippen LogP contribution in [0.2, 0.25) is 0 Å². The van der Waals surface area contributed by atoms with E-state index in [2.05, 4.69) is 20.2 Å². The third-order valence-corrected chi connectivity index (χ3v) is 7.45. The molecule has 9 heteroatoms. The van der Waals surface area contributed by atoms with Gasteiger partial charge in [0.15, 0.2) is 0 Å². The lowest BCUT2D eigenvalue weighted by atomic mass is 9.85. The van der Waals surface area contributed by atoms with Crippen molar-refractivity contribution >= 4 is 11.6 Å². The zero-order valence-corrected chi connectivity index (χ0v) is 20.8. The first-order chi connectivity index (χ1) is 17.6. The third kappa shape index (κ3) is 5.12. The number of carbonyl (C=O) groups excluding carboxylic acids is 1. The van der Waals surface area contributed by atoms with E-state index in [4.69, 9.17) is 0 Å². The number of nitrogens with zero attached hydrogens (tertiary/aromatic N) is 2. The minimum Gasteiger partial charge on any atom is -0.371 e. The van der Waals surface area contributed by atoms with Gasteiger partial charge >= 0.3 is 6.18 Å². The molecule has 0 atom stereocenters. The predicted octanol–water partition coefficient (Wildman–Crippen LogP) is 5.17. The Balaban J connectivity index is 1.48. The highest BCUT2D eigenvalue weighted by molar-refractivity contribution is 5.99. The number of aromatic amines is 1. The fraction of sp³-hybridized carbons (Fsp3) is 0.393. The largest absolute Gasteiger partial charge is 0.433 e. The summed E-state index contributed by atoms with van der Waals surface area (Å²) in [5, 5.41) is 2.89. The number of amides is 1. The van der Waals surface area contributed by atoms with Crippen LogP contribution in [0.15, 0.2) is 41.3 Å². The molecule has 0 radical (unpaired) electrons. The lowest BCUT2D eigenvalue weighted by Crippen LogP contribution is -2.31. The Morgan fingerprint density at radius 2 is 1.95 bits per heavy atom. The van der Waals surface area contributed by atoms with Crippen molar-refractivity contribution in [3.05, 3.63) is 80.5 Å². The average Bonchev–Trinajstić information content (AvgIpc) is 3.22. The Morgan fingerprint density at radius 3 is 2.57 bits per heavy atom. The highest BCUT2D eigenvalue weighted by Crippen LogP contribution is 2.38. The number of pyridine rings is 2. The number of halogens is 3. The van der Waals surface area contributed by atoms with Gasteiger partial charge in [0.05, 0.1) is 0 Å². The van der Waals surface area contributed by atoms with Crippen molar-refractivity contribution in [2.45, 2.75) is 52.3 Å². The van der Waals surface area contributed by atoms with E-state index in [1.54, 1.807) is 13.0 Å². The highest BCUT2D eigenvalue weighted by Gasteiger charge is 2.33. The molecular weight excluding hydrogens is 481 g/mol. The summed E-state index contributed by atoms with van der Waals surface area (Å²) in [6.45, 7) is 5.40. The second-order valence-corrected chi connectivity index (χ2v) is 10.1. The molecule has 1 aromatic carbocycles. The molecule has 1 fully saturated rings. The number of hydrogen-bond acceptors (Lipinski definition) is 4. The van der Waals surface area contributed by atoms with Crippen molar-refractivity contribution in [3.63, 3.8) is 0 Å². The van der Waals surface area contributed by atoms with Crippen LogP contribution in [0.25, 0.3) is 11.1 Å². The number of fused-ring (bicyclic) bond motifs is 1. The number of nitrogens with one attached hydrogen (secondary N) is 2. The molecular formula is C28H29F3N4O2. The van der Waals surface area contributed by atoms with E-state index in [1.165, 1.54) is 31.5 Å². The van der Waals surface area contributed by atoms with E-state index in [-0.39, 0.29) is 18.0 Å². The van der Waals surface area contributed by atoms with Gasteiger partial charge in [0.2, 0.25) is 0 Å². The Labute approximate surface area is 212 Å². The van der Waals surface area contributed by atoms with Gasteiger partial charge in [-0.2, -0.15) is 13.2 Å². The molecule has 6 nitrogen and oxygen atoms in total. The Bertz CT molecular complexity index is 1390. The van der Waals surface area contributed by atoms with Crippen LogP contribution in [0.1, 0.15) is 57.7 Å². The number of benzene rings is 1. The van der Waals surface area contributed by atoms with Crippen molar-refractivity contribution in [2.75, 3.05) is 18.0 Å². The fourth-order valence-electron chi connectivity index (χ4n) is 5.21. The van der Waals surface area contributed by atoms with Crippen LogP contribution in [-0.4, -0.2) is 29.0 Å². The van der Waals surface area contributed by atoms with Crippen molar-refractivity contribution in [1.29, 1.82) is 0 Å². The van der Waals surface area contributed by atoms with E-state index in [0.29, 0.717) is 34.6 Å². The molecule has 3 heterocycles. The monoisotopic (exact) mass is 510 g/mol. The van der Waals surface area contributed by atoms with Crippen LogP contribution < -0.4 is 15.8 Å². The summed E-state index contributed by atoms with van der Waals surface area (Å²) >= 11 is 0. The molecule has 37 heavy (non-hydrogen) atoms. The van der Waals surface area contributed by atoms with Crippen LogP contribution in [0.4, 0.5) is 18.9 Å². The van der Waals surface area contributed by atoms with Crippen molar-refractivity contribution in [1.82, 2.24) is 15.3 Å². The molecule has 1 amide bonds. The molecule has 0 bridgehead atoms. The summed E-state index contributed by atoms with van der Waals surface area (Å²) in [5.41, 5.74) is 4.33. The molecule has 1 aliphatic heterocycles. The fourth-order valence-corrected chi connectivity index (χ4v) is 5.21. The number of carbonyl (C=O) groups is 1. The third-order valence-electron chi connectivity index (χ3n) is 7.45. The van der Waals surface area contributed by atoms with Crippen LogP contribution in [-0.2, 0) is 19.1 Å². The minimum absolute atomic E-state index is 0.0763. The second kappa shape index (κ2) is 9.68. The van der Waals surface area contributed by atoms with Crippen molar-refractivity contribution in [2.24, 2.45) is 5.92 Å². The van der Waals surface area contributed by atoms with Crippen LogP contribution in [0.5, 0.6) is 0 Å². The van der Waals surface area contributed by atoms with Gasteiger partial charge in [-0.05, 0) is 80.0 Å². The smallest absolute Gasteiger partial charge is 0.371 e. The molecule has 1 aliphatic carbocycles. The number of anilines is 1. The van der Waals surface area contributed by atoms with Gasteiger partial charge in [-0.15, -0.1) is 0 Å². The molecule has 2 N–H and O–H groups in total. The zero-order chi connectivity index (χ0) is 26.3. The molecule has 0 saturated heterocycles. The van der Waals surface area contributed by atoms with Gasteiger partial charge < -0.3 is 15.2 Å². The number of H-pyrrole nitrogens is 1. The lowest BCUT2D eigenvalue weighted by molar-refractivity contribution is -0.141. The number of rotatable bonds is 6. The van der Waals surface area contributed by atoms with E-state index >= 15 is 0 Å². The van der Waals surface area contributed by atoms with Crippen LogP contribution in [0, 0.1) is 19.8 Å². The lowest BCUT2D eigenvalue weighted by Gasteiger charge is -2.31. The second-order valence-electron chi connectivity index (χ2n) is 10.1. The Hall–Kier alpha value is -3.62. The van der Waals surface area contributed by atoms with E-state index in [0.717, 1.165) is 41.7 Å². The topological polar surface area (TPSA) is 78.1 Å². The predicted molar refractivity (Wildman–Crippen MR) is 136 cm³/mol. The SMILES string of the molecule is Cc1cc(C)c(CNC(=O)c2cc(-c3ccc(C(F)(F)F)nc3)cc3c2CCN3CC2CCC2)c(=O)[nH]1. The van der Waals surface area contributed by atoms with Crippen LogP contribution in [0.3, 0.4) is 0 Å². The van der Waals surface area contributed by atoms with Gasteiger partial charge in [0.1, 0.15) is 5.69 Å². The molecule has 0 spiro atoms. The van der Waals surface area contributed by atoms with Gasteiger partial charge in [-0.1, -0.05) is 12.5 Å². The molecule has 1 saturated carbocycles. The maximum atomic E-state index is 13.4. The molecule has 2 aliphatic rings. The first kappa shape index (κ1) is 25.0. The highest BCUT2D eigenvalue weighted by atomic mass is 19.4. The molecule has 2 aromatic heterocycles. The Kier molecular flexibility index (Phi) is 6.56. The summed E-state index contributed by atoms with van der Waals surface area (Å²) < 4.78 is 39.1. The van der Waals surface area contributed by atoms with E-state index in [1.807, 2.05) is 19.1 Å². The summed E-state index contributed by atoms with van der Waals surface area (Å²) in [5.74, 6) is 0.304. The van der Waals surface area contributed by atoms with Crippen molar-refractivity contribution in [3.8, 4) is 11.1 Å². The quantitative estimate of drug-likeness (QED) is 0.480. The standard InChI is InChI=1S/C28H29F3N4O2/c1-16-10-17(2)34-27(37)23(16)14-33-26(36)22-11-20(19-6-7-25(32-13-19)28(29,30)31)12-24-21(22)8-9-35(24)15-18-4-3-5-18/h6-7,10-13,18H,3-5,8-9,14-15H2,1-2H3,(H,33,36)(H,34,37). The summed E-state index contributed by atoms with van der Waals surface area (Å²) in [4.78, 5) is 34.5. The van der Waals surface area contributed by atoms with Crippen molar-refractivity contribution < 1.29 is 18.0 Å². The minimum atomic E-state index is -4.52.